The molecule has 0 atom stereocenters. The van der Waals surface area contributed by atoms with Crippen LogP contribution in [-0.2, 0) is 0 Å². The summed E-state index contributed by atoms with van der Waals surface area (Å²) in [6.07, 6.45) is 3.50. The minimum atomic E-state index is -0.899. The number of rotatable bonds is 3. The lowest BCUT2D eigenvalue weighted by Crippen LogP contribution is -2.53. The number of nitrogens with zero attached hydrogens (tertiary/aromatic N) is 1. The predicted molar refractivity (Wildman–Crippen MR) is 70.8 cm³/mol. The van der Waals surface area contributed by atoms with Crippen LogP contribution in [-0.4, -0.2) is 54.4 Å². The van der Waals surface area contributed by atoms with Crippen LogP contribution in [0.3, 0.4) is 0 Å². The van der Waals surface area contributed by atoms with E-state index >= 15 is 0 Å². The van der Waals surface area contributed by atoms with E-state index in [1.54, 1.807) is 0 Å². The molecule has 0 radical (unpaired) electrons. The Morgan fingerprint density at radius 1 is 1.39 bits per heavy atom. The van der Waals surface area contributed by atoms with Crippen molar-refractivity contribution in [1.29, 1.82) is 0 Å². The largest absolute Gasteiger partial charge is 0.465 e. The lowest BCUT2D eigenvalue weighted by molar-refractivity contribution is 0.115. The molecule has 0 aromatic heterocycles. The number of hydrogen-bond acceptors (Lipinski definition) is 3. The maximum absolute atomic E-state index is 10.7. The zero-order chi connectivity index (χ0) is 13.0. The maximum atomic E-state index is 10.7. The summed E-state index contributed by atoms with van der Waals surface area (Å²) in [5.74, 6) is 0.822. The van der Waals surface area contributed by atoms with E-state index in [0.29, 0.717) is 0 Å². The Bertz CT molecular complexity index is 282. The molecule has 5 heteroatoms. The van der Waals surface area contributed by atoms with Crippen LogP contribution in [0.15, 0.2) is 0 Å². The number of carboxylic acid groups (broad SMARTS) is 1. The quantitative estimate of drug-likeness (QED) is 0.707. The van der Waals surface area contributed by atoms with Gasteiger partial charge in [-0.3, -0.25) is 0 Å². The van der Waals surface area contributed by atoms with Crippen molar-refractivity contribution >= 4 is 6.09 Å². The van der Waals surface area contributed by atoms with Gasteiger partial charge in [0.2, 0.25) is 0 Å². The molecular formula is C13H25N3O2. The number of amides is 1. The molecule has 0 spiro atoms. The second kappa shape index (κ2) is 5.89. The fourth-order valence-electron chi connectivity index (χ4n) is 3.04. The van der Waals surface area contributed by atoms with Crippen LogP contribution in [0.2, 0.25) is 0 Å². The highest BCUT2D eigenvalue weighted by Gasteiger charge is 2.32. The maximum Gasteiger partial charge on any atom is 0.405 e. The molecule has 0 saturated carbocycles. The Kier molecular flexibility index (Phi) is 4.45. The Morgan fingerprint density at radius 2 is 2.00 bits per heavy atom. The van der Waals surface area contributed by atoms with E-state index in [0.717, 1.165) is 44.9 Å². The number of nitrogens with one attached hydrogen (secondary N) is 2. The Balaban J connectivity index is 1.74. The topological polar surface area (TPSA) is 64.6 Å². The van der Waals surface area contributed by atoms with Crippen LogP contribution in [0, 0.1) is 5.92 Å². The van der Waals surface area contributed by atoms with Gasteiger partial charge < -0.3 is 20.6 Å². The molecule has 3 N–H and O–H groups in total. The van der Waals surface area contributed by atoms with Crippen LogP contribution in [0.5, 0.6) is 0 Å². The molecule has 2 rings (SSSR count). The van der Waals surface area contributed by atoms with Gasteiger partial charge in [-0.1, -0.05) is 0 Å². The third kappa shape index (κ3) is 3.85. The summed E-state index contributed by atoms with van der Waals surface area (Å²) in [4.78, 5) is 13.2. The van der Waals surface area contributed by atoms with Crippen LogP contribution in [0.1, 0.15) is 32.6 Å². The molecule has 2 saturated heterocycles. The molecule has 0 unspecified atom stereocenters. The third-order valence-corrected chi connectivity index (χ3v) is 4.34. The van der Waals surface area contributed by atoms with Crippen LogP contribution >= 0.6 is 0 Å². The first kappa shape index (κ1) is 13.6. The van der Waals surface area contributed by atoms with E-state index in [-0.39, 0.29) is 5.54 Å². The summed E-state index contributed by atoms with van der Waals surface area (Å²) in [7, 11) is 0. The zero-order valence-electron chi connectivity index (χ0n) is 11.2. The van der Waals surface area contributed by atoms with Gasteiger partial charge in [0, 0.05) is 25.2 Å². The van der Waals surface area contributed by atoms with Gasteiger partial charge in [-0.2, -0.15) is 0 Å². The minimum Gasteiger partial charge on any atom is -0.465 e. The van der Waals surface area contributed by atoms with Gasteiger partial charge in [-0.25, -0.2) is 4.79 Å². The average Bonchev–Trinajstić information content (AvgIpc) is 2.33. The van der Waals surface area contributed by atoms with Gasteiger partial charge in [0.15, 0.2) is 0 Å². The molecule has 104 valence electrons. The molecule has 0 bridgehead atoms. The number of likely N-dealkylation sites (tertiary alicyclic amines) is 1. The molecule has 2 aliphatic rings. The second-order valence-electron chi connectivity index (χ2n) is 5.98. The molecule has 2 aliphatic heterocycles. The van der Waals surface area contributed by atoms with Crippen molar-refractivity contribution < 1.29 is 9.90 Å². The third-order valence-electron chi connectivity index (χ3n) is 4.34. The summed E-state index contributed by atoms with van der Waals surface area (Å²) >= 11 is 0. The highest BCUT2D eigenvalue weighted by atomic mass is 16.4. The Morgan fingerprint density at radius 3 is 2.56 bits per heavy atom. The number of carbonyl (C=O) groups is 1. The Labute approximate surface area is 109 Å². The monoisotopic (exact) mass is 255 g/mol. The molecule has 2 heterocycles. The fourth-order valence-corrected chi connectivity index (χ4v) is 3.04. The van der Waals surface area contributed by atoms with E-state index in [9.17, 15) is 4.79 Å². The van der Waals surface area contributed by atoms with Crippen LogP contribution in [0.4, 0.5) is 4.79 Å². The van der Waals surface area contributed by atoms with Gasteiger partial charge in [-0.05, 0) is 51.6 Å². The van der Waals surface area contributed by atoms with Gasteiger partial charge in [-0.15, -0.1) is 0 Å². The van der Waals surface area contributed by atoms with Crippen molar-refractivity contribution in [3.63, 3.8) is 0 Å². The first-order valence-corrected chi connectivity index (χ1v) is 7.02. The van der Waals surface area contributed by atoms with Crippen molar-refractivity contribution in [2.75, 3.05) is 32.7 Å². The zero-order valence-corrected chi connectivity index (χ0v) is 11.2. The molecule has 0 aromatic carbocycles. The highest BCUT2D eigenvalue weighted by molar-refractivity contribution is 5.65. The van der Waals surface area contributed by atoms with Crippen molar-refractivity contribution in [3.8, 4) is 0 Å². The molecule has 2 fully saturated rings. The summed E-state index contributed by atoms with van der Waals surface area (Å²) < 4.78 is 0. The van der Waals surface area contributed by atoms with Crippen molar-refractivity contribution in [2.45, 2.75) is 38.1 Å². The van der Waals surface area contributed by atoms with Gasteiger partial charge in [0.1, 0.15) is 0 Å². The second-order valence-corrected chi connectivity index (χ2v) is 5.98. The van der Waals surface area contributed by atoms with Crippen molar-refractivity contribution in [3.05, 3.63) is 0 Å². The first-order chi connectivity index (χ1) is 8.57. The molecule has 18 heavy (non-hydrogen) atoms. The highest BCUT2D eigenvalue weighted by Crippen LogP contribution is 2.23. The van der Waals surface area contributed by atoms with Gasteiger partial charge in [0.05, 0.1) is 0 Å². The summed E-state index contributed by atoms with van der Waals surface area (Å²) in [6.45, 7) is 7.53. The molecular weight excluding hydrogens is 230 g/mol. The molecule has 0 aliphatic carbocycles. The lowest BCUT2D eigenvalue weighted by Gasteiger charge is -2.40. The summed E-state index contributed by atoms with van der Waals surface area (Å²) in [5.41, 5.74) is -0.226. The van der Waals surface area contributed by atoms with E-state index in [1.165, 1.54) is 19.4 Å². The molecule has 5 nitrogen and oxygen atoms in total. The van der Waals surface area contributed by atoms with Gasteiger partial charge in [0.25, 0.3) is 0 Å². The summed E-state index contributed by atoms with van der Waals surface area (Å²) in [5, 5.41) is 14.9. The van der Waals surface area contributed by atoms with E-state index < -0.39 is 6.09 Å². The SMILES string of the molecule is CC1(NC(=O)O)CCN(CC2CCNCC2)CC1. The summed E-state index contributed by atoms with van der Waals surface area (Å²) in [6, 6.07) is 0. The van der Waals surface area contributed by atoms with Gasteiger partial charge >= 0.3 is 6.09 Å². The molecule has 0 aromatic rings. The normalized spacial score (nSPS) is 25.8. The minimum absolute atomic E-state index is 0.226. The van der Waals surface area contributed by atoms with E-state index in [1.807, 2.05) is 6.92 Å². The van der Waals surface area contributed by atoms with Crippen molar-refractivity contribution in [2.24, 2.45) is 5.92 Å². The van der Waals surface area contributed by atoms with Crippen LogP contribution < -0.4 is 10.6 Å². The first-order valence-electron chi connectivity index (χ1n) is 7.02. The smallest absolute Gasteiger partial charge is 0.405 e. The van der Waals surface area contributed by atoms with Crippen LogP contribution in [0.25, 0.3) is 0 Å². The van der Waals surface area contributed by atoms with Crippen molar-refractivity contribution in [1.82, 2.24) is 15.5 Å². The van der Waals surface area contributed by atoms with E-state index in [2.05, 4.69) is 15.5 Å². The standard InChI is InChI=1S/C13H25N3O2/c1-13(15-12(17)18)4-8-16(9-5-13)10-11-2-6-14-7-3-11/h11,14-15H,2-10H2,1H3,(H,17,18). The predicted octanol–water partition coefficient (Wildman–Crippen LogP) is 1.11. The number of hydrogen-bond donors (Lipinski definition) is 3. The molecule has 1 amide bonds. The van der Waals surface area contributed by atoms with E-state index in [4.69, 9.17) is 5.11 Å². The number of piperidine rings is 2. The Hall–Kier alpha value is -0.810. The fraction of sp³-hybridized carbons (Fsp3) is 0.923. The average molecular weight is 255 g/mol. The lowest BCUT2D eigenvalue weighted by atomic mass is 9.88.